The van der Waals surface area contributed by atoms with Crippen LogP contribution in [0.25, 0.3) is 16.8 Å². The molecule has 0 radical (unpaired) electrons. The highest BCUT2D eigenvalue weighted by atomic mass is 19.4. The van der Waals surface area contributed by atoms with Crippen LogP contribution in [0.3, 0.4) is 0 Å². The van der Waals surface area contributed by atoms with E-state index in [4.69, 9.17) is 4.74 Å². The van der Waals surface area contributed by atoms with Gasteiger partial charge in [0, 0.05) is 30.6 Å². The van der Waals surface area contributed by atoms with Gasteiger partial charge in [-0.1, -0.05) is 0 Å². The van der Waals surface area contributed by atoms with Crippen molar-refractivity contribution in [3.05, 3.63) is 42.2 Å². The summed E-state index contributed by atoms with van der Waals surface area (Å²) in [6.45, 7) is 1.02. The second kappa shape index (κ2) is 6.87. The van der Waals surface area contributed by atoms with E-state index < -0.39 is 24.0 Å². The molecule has 0 fully saturated rings. The van der Waals surface area contributed by atoms with Gasteiger partial charge in [-0.15, -0.1) is 10.2 Å². The minimum absolute atomic E-state index is 0.235. The molecule has 138 valence electrons. The molecule has 0 saturated heterocycles. The lowest BCUT2D eigenvalue weighted by Gasteiger charge is -2.17. The summed E-state index contributed by atoms with van der Waals surface area (Å²) in [5.74, 6) is -1.14. The van der Waals surface area contributed by atoms with Gasteiger partial charge in [-0.25, -0.2) is 9.37 Å². The van der Waals surface area contributed by atoms with E-state index in [9.17, 15) is 17.6 Å². The van der Waals surface area contributed by atoms with Gasteiger partial charge in [0.15, 0.2) is 23.4 Å². The van der Waals surface area contributed by atoms with Crippen LogP contribution < -0.4 is 4.74 Å². The Morgan fingerprint density at radius 1 is 1.19 bits per heavy atom. The van der Waals surface area contributed by atoms with Gasteiger partial charge in [0.05, 0.1) is 0 Å². The number of aromatic nitrogens is 4. The van der Waals surface area contributed by atoms with Crippen LogP contribution in [-0.4, -0.2) is 39.0 Å². The van der Waals surface area contributed by atoms with Crippen molar-refractivity contribution in [1.82, 2.24) is 19.6 Å². The average Bonchev–Trinajstić information content (AvgIpc) is 2.98. The maximum Gasteiger partial charge on any atom is 0.425 e. The fourth-order valence-corrected chi connectivity index (χ4v) is 2.24. The lowest BCUT2D eigenvalue weighted by atomic mass is 10.1. The number of fused-ring (bicyclic) bond motifs is 1. The lowest BCUT2D eigenvalue weighted by molar-refractivity contribution is -0.190. The zero-order valence-corrected chi connectivity index (χ0v) is 13.8. The summed E-state index contributed by atoms with van der Waals surface area (Å²) in [5, 5.41) is 7.95. The van der Waals surface area contributed by atoms with Crippen molar-refractivity contribution in [1.29, 1.82) is 0 Å². The number of pyridine rings is 2. The van der Waals surface area contributed by atoms with Gasteiger partial charge in [0.1, 0.15) is 6.61 Å². The SMILES string of the molecule is COCc1nnc2ccc(-c3cnc(O[C@@H](C)C(F)(F)F)c(F)c3)cn12. The number of alkyl halides is 3. The molecule has 0 aliphatic carbocycles. The predicted octanol–water partition coefficient (Wildman–Crippen LogP) is 3.41. The number of hydrogen-bond donors (Lipinski definition) is 0. The molecule has 3 heterocycles. The molecule has 0 aliphatic rings. The first-order chi connectivity index (χ1) is 12.3. The molecule has 0 N–H and O–H groups in total. The van der Waals surface area contributed by atoms with Gasteiger partial charge < -0.3 is 9.47 Å². The number of ether oxygens (including phenoxy) is 2. The Balaban J connectivity index is 1.91. The summed E-state index contributed by atoms with van der Waals surface area (Å²) in [5.41, 5.74) is 1.53. The summed E-state index contributed by atoms with van der Waals surface area (Å²) in [7, 11) is 1.52. The van der Waals surface area contributed by atoms with Gasteiger partial charge >= 0.3 is 6.18 Å². The molecule has 0 spiro atoms. The van der Waals surface area contributed by atoms with Gasteiger partial charge in [-0.2, -0.15) is 13.2 Å². The van der Waals surface area contributed by atoms with E-state index in [1.165, 1.54) is 13.3 Å². The molecule has 3 aromatic heterocycles. The first-order valence-corrected chi connectivity index (χ1v) is 7.51. The van der Waals surface area contributed by atoms with E-state index in [1.54, 1.807) is 22.7 Å². The summed E-state index contributed by atoms with van der Waals surface area (Å²) in [4.78, 5) is 3.67. The highest BCUT2D eigenvalue weighted by molar-refractivity contribution is 5.64. The van der Waals surface area contributed by atoms with Gasteiger partial charge in [-0.3, -0.25) is 4.40 Å². The van der Waals surface area contributed by atoms with Crippen LogP contribution in [0.15, 0.2) is 30.6 Å². The molecule has 0 aliphatic heterocycles. The van der Waals surface area contributed by atoms with Crippen LogP contribution in [0.2, 0.25) is 0 Å². The zero-order chi connectivity index (χ0) is 18.9. The standard InChI is InChI=1S/C16H14F4N4O2/c1-9(16(18,19)20)26-15-12(17)5-11(6-21-15)10-3-4-13-22-23-14(8-25-2)24(13)7-10/h3-7,9H,8H2,1-2H3/t9-/m0/s1. The minimum atomic E-state index is -4.61. The molecule has 0 aromatic carbocycles. The van der Waals surface area contributed by atoms with E-state index in [-0.39, 0.29) is 6.61 Å². The Labute approximate surface area is 145 Å². The summed E-state index contributed by atoms with van der Waals surface area (Å²) >= 11 is 0. The normalized spacial score (nSPS) is 13.2. The summed E-state index contributed by atoms with van der Waals surface area (Å²) in [6, 6.07) is 4.42. The molecule has 26 heavy (non-hydrogen) atoms. The van der Waals surface area contributed by atoms with Crippen LogP contribution >= 0.6 is 0 Å². The predicted molar refractivity (Wildman–Crippen MR) is 83.0 cm³/mol. The Kier molecular flexibility index (Phi) is 4.77. The molecule has 3 rings (SSSR count). The molecule has 10 heteroatoms. The third kappa shape index (κ3) is 3.59. The topological polar surface area (TPSA) is 61.5 Å². The summed E-state index contributed by atoms with van der Waals surface area (Å²) < 4.78 is 63.0. The second-order valence-electron chi connectivity index (χ2n) is 5.51. The van der Waals surface area contributed by atoms with E-state index in [2.05, 4.69) is 19.9 Å². The second-order valence-corrected chi connectivity index (χ2v) is 5.51. The van der Waals surface area contributed by atoms with Crippen LogP contribution in [-0.2, 0) is 11.3 Å². The average molecular weight is 370 g/mol. The maximum atomic E-state index is 14.1. The highest BCUT2D eigenvalue weighted by Crippen LogP contribution is 2.28. The fraction of sp³-hybridized carbons (Fsp3) is 0.312. The van der Waals surface area contributed by atoms with Crippen molar-refractivity contribution < 1.29 is 27.0 Å². The van der Waals surface area contributed by atoms with Crippen molar-refractivity contribution in [3.8, 4) is 17.0 Å². The first-order valence-electron chi connectivity index (χ1n) is 7.51. The molecule has 1 atom stereocenters. The number of halogens is 4. The Morgan fingerprint density at radius 2 is 1.96 bits per heavy atom. The fourth-order valence-electron chi connectivity index (χ4n) is 2.24. The van der Waals surface area contributed by atoms with Crippen LogP contribution in [0.5, 0.6) is 5.88 Å². The number of hydrogen-bond acceptors (Lipinski definition) is 5. The Morgan fingerprint density at radius 3 is 2.62 bits per heavy atom. The Hall–Kier alpha value is -2.75. The number of methoxy groups -OCH3 is 1. The van der Waals surface area contributed by atoms with Crippen LogP contribution in [0, 0.1) is 5.82 Å². The molecule has 0 unspecified atom stereocenters. The molecular weight excluding hydrogens is 356 g/mol. The van der Waals surface area contributed by atoms with Crippen molar-refractivity contribution in [2.45, 2.75) is 25.8 Å². The van der Waals surface area contributed by atoms with Gasteiger partial charge in [-0.05, 0) is 25.1 Å². The Bertz CT molecular complexity index is 926. The van der Waals surface area contributed by atoms with E-state index in [0.29, 0.717) is 22.6 Å². The van der Waals surface area contributed by atoms with Crippen molar-refractivity contribution in [3.63, 3.8) is 0 Å². The minimum Gasteiger partial charge on any atom is -0.463 e. The summed E-state index contributed by atoms with van der Waals surface area (Å²) in [6.07, 6.45) is -3.87. The maximum absolute atomic E-state index is 14.1. The number of nitrogens with zero attached hydrogens (tertiary/aromatic N) is 4. The molecular formula is C16H14F4N4O2. The third-order valence-electron chi connectivity index (χ3n) is 3.64. The quantitative estimate of drug-likeness (QED) is 0.644. The van der Waals surface area contributed by atoms with Crippen molar-refractivity contribution >= 4 is 5.65 Å². The van der Waals surface area contributed by atoms with E-state index >= 15 is 0 Å². The zero-order valence-electron chi connectivity index (χ0n) is 13.8. The highest BCUT2D eigenvalue weighted by Gasteiger charge is 2.38. The number of rotatable bonds is 5. The van der Waals surface area contributed by atoms with E-state index in [0.717, 1.165) is 13.0 Å². The van der Waals surface area contributed by atoms with Gasteiger partial charge in [0.25, 0.3) is 5.88 Å². The molecule has 3 aromatic rings. The lowest BCUT2D eigenvalue weighted by Crippen LogP contribution is -2.31. The van der Waals surface area contributed by atoms with Crippen LogP contribution in [0.1, 0.15) is 12.7 Å². The van der Waals surface area contributed by atoms with Crippen LogP contribution in [0.4, 0.5) is 17.6 Å². The van der Waals surface area contributed by atoms with Crippen molar-refractivity contribution in [2.75, 3.05) is 7.11 Å². The molecule has 0 saturated carbocycles. The third-order valence-corrected chi connectivity index (χ3v) is 3.64. The largest absolute Gasteiger partial charge is 0.463 e. The molecule has 6 nitrogen and oxygen atoms in total. The molecule has 0 amide bonds. The smallest absolute Gasteiger partial charge is 0.425 e. The monoisotopic (exact) mass is 370 g/mol. The molecule has 0 bridgehead atoms. The van der Waals surface area contributed by atoms with Crippen molar-refractivity contribution in [2.24, 2.45) is 0 Å². The van der Waals surface area contributed by atoms with Gasteiger partial charge in [0.2, 0.25) is 0 Å². The first kappa shape index (κ1) is 18.1. The van der Waals surface area contributed by atoms with E-state index in [1.807, 2.05) is 0 Å².